The maximum atomic E-state index is 12.8. The number of carboxylic acids is 1. The van der Waals surface area contributed by atoms with Crippen LogP contribution in [0.2, 0.25) is 5.02 Å². The largest absolute Gasteiger partial charge is 0.481 e. The molecule has 5 aromatic rings. The molecule has 24 heteroatoms. The van der Waals surface area contributed by atoms with Crippen molar-refractivity contribution in [1.82, 2.24) is 19.9 Å². The van der Waals surface area contributed by atoms with E-state index in [1.54, 1.807) is 6.92 Å². The van der Waals surface area contributed by atoms with Gasteiger partial charge in [-0.15, -0.1) is 0 Å². The molecule has 0 aliphatic rings. The van der Waals surface area contributed by atoms with Crippen molar-refractivity contribution >= 4 is 35.2 Å². The summed E-state index contributed by atoms with van der Waals surface area (Å²) in [6.07, 6.45) is -5.94. The number of halogens is 4. The molecule has 328 valence electrons. The molecule has 0 radical (unpaired) electrons. The van der Waals surface area contributed by atoms with Gasteiger partial charge in [0.2, 0.25) is 23.5 Å². The molecular weight excluding hydrogens is 859 g/mol. The number of aromatic nitrogens is 4. The summed E-state index contributed by atoms with van der Waals surface area (Å²) >= 11 is 5.83. The molecule has 0 saturated carbocycles. The molecule has 2 heterocycles. The number of carbonyl (C=O) groups is 3. The second-order valence-electron chi connectivity index (χ2n) is 11.6. The molecule has 20 nitrogen and oxygen atoms in total. The van der Waals surface area contributed by atoms with Crippen LogP contribution in [0.4, 0.5) is 18.9 Å². The minimum absolute atomic E-state index is 0.0398. The molecule has 0 bridgehead atoms. The molecule has 3 aromatic carbocycles. The number of ether oxygens (including phenoxy) is 9. The predicted octanol–water partition coefficient (Wildman–Crippen LogP) is 7.75. The Hall–Kier alpha value is -7.69. The lowest BCUT2D eigenvalue weighted by Gasteiger charge is -2.13. The highest BCUT2D eigenvalue weighted by Gasteiger charge is 2.32. The Labute approximate surface area is 353 Å². The van der Waals surface area contributed by atoms with E-state index >= 15 is 0 Å². The summed E-state index contributed by atoms with van der Waals surface area (Å²) in [6, 6.07) is 12.2. The first-order chi connectivity index (χ1) is 29.4. The fourth-order valence-electron chi connectivity index (χ4n) is 4.69. The summed E-state index contributed by atoms with van der Waals surface area (Å²) in [6.45, 7) is 2.81. The van der Waals surface area contributed by atoms with E-state index in [2.05, 4.69) is 19.9 Å². The number of nitrogens with zero attached hydrogens (tertiary/aromatic N) is 5. The average Bonchev–Trinajstić information content (AvgIpc) is 3.23. The Morgan fingerprint density at radius 1 is 0.774 bits per heavy atom. The van der Waals surface area contributed by atoms with Crippen LogP contribution >= 0.6 is 11.6 Å². The number of methoxy groups -OCH3 is 4. The number of carbonyl (C=O) groups excluding carboxylic acids is 2. The van der Waals surface area contributed by atoms with Gasteiger partial charge < -0.3 is 47.7 Å². The van der Waals surface area contributed by atoms with Crippen LogP contribution in [0.3, 0.4) is 0 Å². The van der Waals surface area contributed by atoms with Crippen molar-refractivity contribution in [1.29, 1.82) is 0 Å². The van der Waals surface area contributed by atoms with Gasteiger partial charge in [-0.3, -0.25) is 10.1 Å². The molecular formula is C38H33ClF3N5O15. The predicted molar refractivity (Wildman–Crippen MR) is 205 cm³/mol. The lowest BCUT2D eigenvalue weighted by atomic mass is 10.1. The van der Waals surface area contributed by atoms with Gasteiger partial charge in [0.25, 0.3) is 5.69 Å². The van der Waals surface area contributed by atoms with E-state index in [-0.39, 0.29) is 75.7 Å². The number of nitro groups is 1. The average molecular weight is 892 g/mol. The number of rotatable bonds is 16. The normalized spacial score (nSPS) is 11.1. The third kappa shape index (κ3) is 12.4. The monoisotopic (exact) mass is 891 g/mol. The minimum Gasteiger partial charge on any atom is -0.481 e. The summed E-state index contributed by atoms with van der Waals surface area (Å²) in [7, 11) is 5.63. The summed E-state index contributed by atoms with van der Waals surface area (Å²) in [5.41, 5.74) is -2.47. The maximum Gasteiger partial charge on any atom is 0.416 e. The van der Waals surface area contributed by atoms with Gasteiger partial charge in [0.1, 0.15) is 34.1 Å². The zero-order chi connectivity index (χ0) is 45.7. The highest BCUT2D eigenvalue weighted by molar-refractivity contribution is 6.32. The second kappa shape index (κ2) is 21.0. The zero-order valence-corrected chi connectivity index (χ0v) is 33.8. The fraction of sp³-hybridized carbons (Fsp3) is 0.237. The number of benzene rings is 3. The van der Waals surface area contributed by atoms with Crippen molar-refractivity contribution in [2.75, 3.05) is 35.0 Å². The number of carboxylic acid groups (broad SMARTS) is 1. The van der Waals surface area contributed by atoms with Crippen LogP contribution in [-0.4, -0.2) is 89.0 Å². The van der Waals surface area contributed by atoms with Crippen LogP contribution in [0.5, 0.6) is 58.5 Å². The highest BCUT2D eigenvalue weighted by Crippen LogP contribution is 2.38. The molecule has 0 aliphatic heterocycles. The van der Waals surface area contributed by atoms with Crippen molar-refractivity contribution in [3.05, 3.63) is 98.6 Å². The number of alkyl halides is 3. The van der Waals surface area contributed by atoms with Gasteiger partial charge in [0.15, 0.2) is 6.10 Å². The van der Waals surface area contributed by atoms with Crippen LogP contribution in [0.25, 0.3) is 0 Å². The maximum absolute atomic E-state index is 12.8. The Balaban J connectivity index is 0.000000273. The third-order valence-electron chi connectivity index (χ3n) is 7.53. The minimum atomic E-state index is -4.61. The number of esters is 2. The third-order valence-corrected chi connectivity index (χ3v) is 7.83. The first kappa shape index (κ1) is 47.0. The van der Waals surface area contributed by atoms with E-state index in [1.807, 2.05) is 0 Å². The van der Waals surface area contributed by atoms with Crippen molar-refractivity contribution in [3.8, 4) is 58.5 Å². The molecule has 62 heavy (non-hydrogen) atoms. The molecule has 0 fully saturated rings. The Morgan fingerprint density at radius 2 is 1.29 bits per heavy atom. The van der Waals surface area contributed by atoms with E-state index < -0.39 is 51.9 Å². The van der Waals surface area contributed by atoms with E-state index in [0.29, 0.717) is 6.07 Å². The summed E-state index contributed by atoms with van der Waals surface area (Å²) in [5, 5.41) is 20.6. The van der Waals surface area contributed by atoms with Gasteiger partial charge in [0.05, 0.1) is 62.7 Å². The summed E-state index contributed by atoms with van der Waals surface area (Å²) in [4.78, 5) is 62.5. The summed E-state index contributed by atoms with van der Waals surface area (Å²) < 4.78 is 84.7. The lowest BCUT2D eigenvalue weighted by molar-refractivity contribution is -0.385. The van der Waals surface area contributed by atoms with Crippen molar-refractivity contribution in [2.45, 2.75) is 26.1 Å². The quantitative estimate of drug-likeness (QED) is 0.0564. The van der Waals surface area contributed by atoms with E-state index in [0.717, 1.165) is 30.3 Å². The van der Waals surface area contributed by atoms with Crippen LogP contribution in [0.1, 0.15) is 40.1 Å². The van der Waals surface area contributed by atoms with Gasteiger partial charge in [-0.2, -0.15) is 33.1 Å². The Bertz CT molecular complexity index is 2320. The molecule has 0 aliphatic carbocycles. The van der Waals surface area contributed by atoms with Crippen molar-refractivity contribution in [2.24, 2.45) is 0 Å². The van der Waals surface area contributed by atoms with E-state index in [9.17, 15) is 42.8 Å². The number of aromatic carboxylic acids is 1. The summed E-state index contributed by atoms with van der Waals surface area (Å²) in [5.74, 6) is -3.18. The molecule has 0 saturated heterocycles. The van der Waals surface area contributed by atoms with Gasteiger partial charge in [0, 0.05) is 12.1 Å². The van der Waals surface area contributed by atoms with E-state index in [4.69, 9.17) is 54.2 Å². The van der Waals surface area contributed by atoms with Gasteiger partial charge in [-0.1, -0.05) is 17.7 Å². The van der Waals surface area contributed by atoms with Gasteiger partial charge in [-0.25, -0.2) is 14.4 Å². The second-order valence-corrected chi connectivity index (χ2v) is 12.0. The Morgan fingerprint density at radius 3 is 1.71 bits per heavy atom. The molecule has 1 N–H and O–H groups in total. The number of nitro benzene ring substituents is 1. The molecule has 0 amide bonds. The first-order valence-electron chi connectivity index (χ1n) is 17.3. The molecule has 5 rings (SSSR count). The SMILES string of the molecule is CCOC(=O)C(C)OC(=O)c1cc(Oc2ccc(C(F)(F)F)cc2Cl)ccc1[N+](=O)[O-].COc1cc(OC)nc(Oc2cccc(Oc3nc(OC)cc(OC)n3)c2C(=O)O)n1. The van der Waals surface area contributed by atoms with Gasteiger partial charge in [-0.05, 0) is 50.2 Å². The van der Waals surface area contributed by atoms with Crippen molar-refractivity contribution in [3.63, 3.8) is 0 Å². The highest BCUT2D eigenvalue weighted by atomic mass is 35.5. The van der Waals surface area contributed by atoms with Crippen molar-refractivity contribution < 1.29 is 80.2 Å². The zero-order valence-electron chi connectivity index (χ0n) is 33.0. The topological polar surface area (TPSA) is 249 Å². The number of hydrogen-bond acceptors (Lipinski definition) is 18. The molecule has 0 spiro atoms. The number of hydrogen-bond donors (Lipinski definition) is 1. The van der Waals surface area contributed by atoms with Crippen LogP contribution in [-0.2, 0) is 20.4 Å². The molecule has 1 atom stereocenters. The van der Waals surface area contributed by atoms with Crippen LogP contribution < -0.4 is 33.2 Å². The smallest absolute Gasteiger partial charge is 0.416 e. The fourth-order valence-corrected chi connectivity index (χ4v) is 4.90. The molecule has 2 aromatic heterocycles. The Kier molecular flexibility index (Phi) is 15.9. The first-order valence-corrected chi connectivity index (χ1v) is 17.7. The van der Waals surface area contributed by atoms with Gasteiger partial charge >= 0.3 is 36.1 Å². The standard InChI is InChI=1S/C19H15ClF3NO7.C19H18N4O8/c1-3-29-17(25)10(2)30-18(26)13-9-12(5-6-15(13)24(27)28)31-16-7-4-11(8-14(16)20)19(21,22)23;1-26-12-8-13(27-2)21-18(20-12)30-10-6-5-7-11(16(10)17(24)25)31-19-22-14(28-3)9-15(23-19)29-4/h4-10H,3H2,1-2H3;5-9H,1-4H3,(H,24,25). The molecule has 1 unspecified atom stereocenters. The van der Waals surface area contributed by atoms with Crippen LogP contribution in [0.15, 0.2) is 66.7 Å². The van der Waals surface area contributed by atoms with Crippen LogP contribution in [0, 0.1) is 10.1 Å². The van der Waals surface area contributed by atoms with E-state index in [1.165, 1.54) is 65.7 Å². The lowest BCUT2D eigenvalue weighted by Crippen LogP contribution is -2.26.